The first-order valence-corrected chi connectivity index (χ1v) is 9.72. The van der Waals surface area contributed by atoms with Crippen molar-refractivity contribution in [1.29, 1.82) is 0 Å². The number of carbonyl (C=O) groups is 2. The van der Waals surface area contributed by atoms with Gasteiger partial charge in [0.2, 0.25) is 0 Å². The zero-order valence-electron chi connectivity index (χ0n) is 15.5. The molecule has 1 saturated carbocycles. The number of Topliss-reactive ketones (excluding diaryl/α,β-unsaturated/α-hetero) is 1. The number of amides is 1. The molecular formula is C18H16ClF5IN3O2. The molecule has 0 unspecified atom stereocenters. The van der Waals surface area contributed by atoms with Crippen molar-refractivity contribution < 1.29 is 32.3 Å². The fraction of sp³-hybridized carbons (Fsp3) is 0.278. The Morgan fingerprint density at radius 2 is 1.90 bits per heavy atom. The topological polar surface area (TPSA) is 64.0 Å². The smallest absolute Gasteiger partial charge is 0.253 e. The number of rotatable bonds is 6. The maximum Gasteiger partial charge on any atom is 0.253 e. The van der Waals surface area contributed by atoms with Gasteiger partial charge in [-0.25, -0.2) is 4.39 Å². The summed E-state index contributed by atoms with van der Waals surface area (Å²) in [4.78, 5) is 25.0. The predicted molar refractivity (Wildman–Crippen MR) is 110 cm³/mol. The van der Waals surface area contributed by atoms with Gasteiger partial charge in [-0.05, 0) is 53.1 Å². The van der Waals surface area contributed by atoms with Crippen LogP contribution in [0.2, 0.25) is 5.02 Å². The fourth-order valence-electron chi connectivity index (χ4n) is 2.59. The summed E-state index contributed by atoms with van der Waals surface area (Å²) < 4.78 is 47.2. The van der Waals surface area contributed by atoms with Gasteiger partial charge in [-0.2, -0.15) is 5.10 Å². The van der Waals surface area contributed by atoms with Crippen LogP contribution in [0, 0.1) is 3.57 Å². The van der Waals surface area contributed by atoms with E-state index in [0.29, 0.717) is 25.4 Å². The van der Waals surface area contributed by atoms with Crippen LogP contribution < -0.4 is 5.32 Å². The quantitative estimate of drug-likeness (QED) is 0.282. The summed E-state index contributed by atoms with van der Waals surface area (Å²) in [6.45, 7) is 3.24. The van der Waals surface area contributed by atoms with Gasteiger partial charge in [0, 0.05) is 37.8 Å². The number of halogens is 7. The molecule has 0 aliphatic heterocycles. The molecule has 1 N–H and O–H groups in total. The number of aryl methyl sites for hydroxylation is 1. The zero-order valence-corrected chi connectivity index (χ0v) is 18.4. The van der Waals surface area contributed by atoms with Crippen LogP contribution in [-0.2, 0) is 13.5 Å². The van der Waals surface area contributed by atoms with Crippen molar-refractivity contribution in [1.82, 2.24) is 15.1 Å². The minimum absolute atomic E-state index is 0.0502. The Kier molecular flexibility index (Phi) is 10.4. The highest BCUT2D eigenvalue weighted by Gasteiger charge is 2.26. The third-order valence-electron chi connectivity index (χ3n) is 4.06. The van der Waals surface area contributed by atoms with Crippen LogP contribution in [0.15, 0.2) is 24.8 Å². The number of nitrogens with zero attached hydrogens (tertiary/aromatic N) is 2. The van der Waals surface area contributed by atoms with E-state index in [0.717, 1.165) is 12.8 Å². The Morgan fingerprint density at radius 3 is 2.40 bits per heavy atom. The Hall–Kier alpha value is -2.02. The summed E-state index contributed by atoms with van der Waals surface area (Å²) in [7, 11) is 1.58. The molecule has 0 bridgehead atoms. The van der Waals surface area contributed by atoms with E-state index in [1.165, 1.54) is 4.68 Å². The first-order chi connectivity index (χ1) is 14.3. The van der Waals surface area contributed by atoms with Gasteiger partial charge in [0.1, 0.15) is 17.2 Å². The van der Waals surface area contributed by atoms with Crippen molar-refractivity contribution >= 4 is 51.7 Å². The van der Waals surface area contributed by atoms with Gasteiger partial charge >= 0.3 is 0 Å². The third-order valence-corrected chi connectivity index (χ3v) is 5.41. The van der Waals surface area contributed by atoms with Crippen molar-refractivity contribution in [2.45, 2.75) is 25.3 Å². The molecule has 5 nitrogen and oxygen atoms in total. The molecule has 0 spiro atoms. The first kappa shape index (κ1) is 26.0. The molecule has 0 saturated heterocycles. The van der Waals surface area contributed by atoms with Crippen molar-refractivity contribution in [3.8, 4) is 0 Å². The second-order valence-electron chi connectivity index (χ2n) is 6.20. The molecule has 1 aromatic carbocycles. The van der Waals surface area contributed by atoms with Crippen LogP contribution in [0.3, 0.4) is 0 Å². The maximum absolute atomic E-state index is 13.4. The Labute approximate surface area is 187 Å². The van der Waals surface area contributed by atoms with Crippen molar-refractivity contribution in [2.75, 3.05) is 0 Å². The van der Waals surface area contributed by atoms with Crippen molar-refractivity contribution in [2.24, 2.45) is 7.05 Å². The fourth-order valence-corrected chi connectivity index (χ4v) is 3.84. The number of aromatic nitrogens is 2. The molecule has 0 atom stereocenters. The standard InChI is InChI=1S/C18H16ClFIN3O2.2F2/c1-9(20)16-15(21)17(24(2)23-16)14(25)8-10-3-6-13(19)12(7-10)18(26)22-11-4-5-11;2*1-2/h3,6-7,11H,1,4-5,8H2,2H3,(H,22,26);;. The Morgan fingerprint density at radius 1 is 1.30 bits per heavy atom. The number of hydrogen-bond donors (Lipinski definition) is 1. The Balaban J connectivity index is 0.00000106. The number of carbonyl (C=O) groups excluding carboxylic acids is 2. The molecule has 30 heavy (non-hydrogen) atoms. The predicted octanol–water partition coefficient (Wildman–Crippen LogP) is 5.62. The lowest BCUT2D eigenvalue weighted by molar-refractivity contribution is 0.0947. The summed E-state index contributed by atoms with van der Waals surface area (Å²) in [5.74, 6) is -1.15. The molecular weight excluding hydrogens is 548 g/mol. The van der Waals surface area contributed by atoms with E-state index in [-0.39, 0.29) is 29.8 Å². The average molecular weight is 564 g/mol. The number of benzene rings is 1. The van der Waals surface area contributed by atoms with Gasteiger partial charge in [-0.1, -0.05) is 24.2 Å². The summed E-state index contributed by atoms with van der Waals surface area (Å²) in [6.07, 6.45) is 2.00. The molecule has 1 amide bonds. The van der Waals surface area contributed by atoms with Crippen molar-refractivity contribution in [3.63, 3.8) is 0 Å². The molecule has 12 heteroatoms. The average Bonchev–Trinajstić information content (AvgIpc) is 3.48. The van der Waals surface area contributed by atoms with Gasteiger partial charge in [0.15, 0.2) is 5.78 Å². The minimum Gasteiger partial charge on any atom is -0.349 e. The number of hydrogen-bond acceptors (Lipinski definition) is 3. The maximum atomic E-state index is 13.4. The van der Waals surface area contributed by atoms with Gasteiger partial charge in [-0.3, -0.25) is 14.3 Å². The van der Waals surface area contributed by atoms with E-state index in [1.807, 2.05) is 22.6 Å². The lowest BCUT2D eigenvalue weighted by Crippen LogP contribution is -2.25. The molecule has 3 rings (SSSR count). The Bertz CT molecular complexity index is 935. The van der Waals surface area contributed by atoms with E-state index in [4.69, 9.17) is 29.9 Å². The van der Waals surface area contributed by atoms with Gasteiger partial charge in [0.05, 0.1) is 14.2 Å². The lowest BCUT2D eigenvalue weighted by Gasteiger charge is -2.08. The highest BCUT2D eigenvalue weighted by molar-refractivity contribution is 14.1. The molecule has 1 aliphatic carbocycles. The van der Waals surface area contributed by atoms with Crippen LogP contribution in [-0.4, -0.2) is 27.5 Å². The second-order valence-corrected chi connectivity index (χ2v) is 7.69. The van der Waals surface area contributed by atoms with Gasteiger partial charge in [-0.15, -0.1) is 0 Å². The second kappa shape index (κ2) is 12.0. The van der Waals surface area contributed by atoms with Crippen LogP contribution in [0.1, 0.15) is 44.9 Å². The highest BCUT2D eigenvalue weighted by Crippen LogP contribution is 2.26. The van der Waals surface area contributed by atoms with E-state index < -0.39 is 5.83 Å². The molecule has 164 valence electrons. The highest BCUT2D eigenvalue weighted by atomic mass is 127. The molecule has 1 aliphatic rings. The normalized spacial score (nSPS) is 12.1. The van der Waals surface area contributed by atoms with Crippen LogP contribution in [0.5, 0.6) is 0 Å². The number of nitrogens with one attached hydrogen (secondary N) is 1. The number of ketones is 1. The van der Waals surface area contributed by atoms with Crippen LogP contribution >= 0.6 is 34.2 Å². The van der Waals surface area contributed by atoms with E-state index >= 15 is 0 Å². The van der Waals surface area contributed by atoms with E-state index in [9.17, 15) is 14.0 Å². The van der Waals surface area contributed by atoms with Gasteiger partial charge < -0.3 is 5.32 Å². The monoisotopic (exact) mass is 563 g/mol. The molecule has 1 heterocycles. The molecule has 1 aromatic heterocycles. The SMILES string of the molecule is C=C(F)c1nn(C)c(C(=O)Cc2ccc(Cl)c(C(=O)NC3CC3)c2)c1I.FF.FF. The minimum atomic E-state index is -0.686. The largest absolute Gasteiger partial charge is 0.349 e. The zero-order chi connectivity index (χ0) is 23.0. The van der Waals surface area contributed by atoms with Crippen LogP contribution in [0.4, 0.5) is 22.7 Å². The first-order valence-electron chi connectivity index (χ1n) is 8.26. The van der Waals surface area contributed by atoms with E-state index in [1.54, 1.807) is 25.2 Å². The molecule has 0 radical (unpaired) electrons. The van der Waals surface area contributed by atoms with Gasteiger partial charge in [0.25, 0.3) is 5.91 Å². The molecule has 2 aromatic rings. The summed E-state index contributed by atoms with van der Waals surface area (Å²) in [6, 6.07) is 5.14. The molecule has 1 fully saturated rings. The van der Waals surface area contributed by atoms with Crippen LogP contribution in [0.25, 0.3) is 5.83 Å². The third kappa shape index (κ3) is 6.49. The van der Waals surface area contributed by atoms with E-state index in [2.05, 4.69) is 17.0 Å². The summed E-state index contributed by atoms with van der Waals surface area (Å²) in [5, 5.41) is 7.22. The lowest BCUT2D eigenvalue weighted by atomic mass is 10.0. The summed E-state index contributed by atoms with van der Waals surface area (Å²) >= 11 is 8.01. The summed E-state index contributed by atoms with van der Waals surface area (Å²) in [5.41, 5.74) is 1.37. The van der Waals surface area contributed by atoms with Crippen molar-refractivity contribution in [3.05, 3.63) is 55.9 Å².